The van der Waals surface area contributed by atoms with Crippen LogP contribution in [0.2, 0.25) is 0 Å². The number of aromatic nitrogens is 5. The van der Waals surface area contributed by atoms with Gasteiger partial charge in [-0.3, -0.25) is 9.20 Å². The molecule has 0 bridgehead atoms. The fourth-order valence-corrected chi connectivity index (χ4v) is 4.23. The molecule has 3 aromatic heterocycles. The Morgan fingerprint density at radius 3 is 2.68 bits per heavy atom. The van der Waals surface area contributed by atoms with Crippen LogP contribution in [-0.2, 0) is 4.79 Å². The molecule has 0 fully saturated rings. The van der Waals surface area contributed by atoms with Crippen LogP contribution in [0.1, 0.15) is 11.1 Å². The number of aryl methyl sites for hydroxylation is 2. The Bertz CT molecular complexity index is 1410. The van der Waals surface area contributed by atoms with E-state index in [1.54, 1.807) is 4.52 Å². The highest BCUT2D eigenvalue weighted by atomic mass is 32.2. The first-order valence-corrected chi connectivity index (χ1v) is 10.9. The maximum atomic E-state index is 12.4. The number of carbonyl (C=O) groups is 1. The van der Waals surface area contributed by atoms with Gasteiger partial charge in [-0.1, -0.05) is 59.8 Å². The van der Waals surface area contributed by atoms with Gasteiger partial charge in [0.1, 0.15) is 5.52 Å². The predicted octanol–water partition coefficient (Wildman–Crippen LogP) is 4.39. The normalized spacial score (nSPS) is 11.3. The van der Waals surface area contributed by atoms with Crippen molar-refractivity contribution in [2.75, 3.05) is 11.1 Å². The summed E-state index contributed by atoms with van der Waals surface area (Å²) in [4.78, 5) is 12.4. The van der Waals surface area contributed by atoms with Crippen LogP contribution in [0.4, 0.5) is 5.69 Å². The highest BCUT2D eigenvalue weighted by molar-refractivity contribution is 7.99. The molecule has 0 atom stereocenters. The van der Waals surface area contributed by atoms with Crippen LogP contribution in [-0.4, -0.2) is 35.9 Å². The summed E-state index contributed by atoms with van der Waals surface area (Å²) in [5.74, 6) is 0.166. The lowest BCUT2D eigenvalue weighted by molar-refractivity contribution is -0.113. The minimum atomic E-state index is -0.0782. The number of rotatable bonds is 5. The predicted molar refractivity (Wildman–Crippen MR) is 122 cm³/mol. The monoisotopic (exact) mass is 428 g/mol. The second-order valence-electron chi connectivity index (χ2n) is 7.35. The first kappa shape index (κ1) is 19.3. The zero-order valence-electron chi connectivity index (χ0n) is 17.1. The van der Waals surface area contributed by atoms with E-state index < -0.39 is 0 Å². The number of amides is 1. The van der Waals surface area contributed by atoms with E-state index in [9.17, 15) is 4.79 Å². The maximum absolute atomic E-state index is 12.4. The molecule has 2 aromatic carbocycles. The van der Waals surface area contributed by atoms with Crippen LogP contribution in [0.3, 0.4) is 0 Å². The summed E-state index contributed by atoms with van der Waals surface area (Å²) < 4.78 is 3.69. The molecule has 0 aliphatic heterocycles. The number of thioether (sulfide) groups is 1. The van der Waals surface area contributed by atoms with Gasteiger partial charge >= 0.3 is 0 Å². The standard InChI is InChI=1S/C23H20N6OS/c1-15-8-9-18(16(2)12-15)24-21(30)14-31-23-26-25-22-20-13-19(17-6-4-3-5-7-17)27-29(20)11-10-28(22)23/h3-13H,14H2,1-2H3,(H,24,30). The maximum Gasteiger partial charge on any atom is 0.234 e. The molecule has 0 radical (unpaired) electrons. The molecular formula is C23H20N6OS. The number of fused-ring (bicyclic) bond motifs is 3. The molecule has 0 aliphatic carbocycles. The van der Waals surface area contributed by atoms with Gasteiger partial charge in [0.05, 0.1) is 11.4 Å². The molecule has 5 aromatic rings. The van der Waals surface area contributed by atoms with Gasteiger partial charge in [0.15, 0.2) is 10.8 Å². The SMILES string of the molecule is Cc1ccc(NC(=O)CSc2nnc3c4cc(-c5ccccc5)nn4ccn23)c(C)c1. The van der Waals surface area contributed by atoms with Crippen molar-refractivity contribution in [1.82, 2.24) is 24.2 Å². The highest BCUT2D eigenvalue weighted by Crippen LogP contribution is 2.24. The molecule has 7 nitrogen and oxygen atoms in total. The van der Waals surface area contributed by atoms with Crippen molar-refractivity contribution in [3.63, 3.8) is 0 Å². The Hall–Kier alpha value is -3.65. The van der Waals surface area contributed by atoms with Crippen LogP contribution in [0, 0.1) is 13.8 Å². The van der Waals surface area contributed by atoms with Gasteiger partial charge in [0.25, 0.3) is 0 Å². The summed E-state index contributed by atoms with van der Waals surface area (Å²) in [7, 11) is 0. The third-order valence-corrected chi connectivity index (χ3v) is 5.99. The Kier molecular flexibility index (Phi) is 4.91. The van der Waals surface area contributed by atoms with Crippen molar-refractivity contribution in [3.8, 4) is 11.3 Å². The molecule has 1 N–H and O–H groups in total. The van der Waals surface area contributed by atoms with E-state index in [1.807, 2.05) is 79.2 Å². The van der Waals surface area contributed by atoms with E-state index in [4.69, 9.17) is 0 Å². The molecule has 3 heterocycles. The van der Waals surface area contributed by atoms with Crippen LogP contribution in [0.25, 0.3) is 22.4 Å². The molecule has 0 aliphatic rings. The average Bonchev–Trinajstić information content (AvgIpc) is 3.39. The molecule has 31 heavy (non-hydrogen) atoms. The Morgan fingerprint density at radius 1 is 1.03 bits per heavy atom. The van der Waals surface area contributed by atoms with Gasteiger partial charge in [-0.2, -0.15) is 5.10 Å². The van der Waals surface area contributed by atoms with Gasteiger partial charge in [-0.25, -0.2) is 4.52 Å². The van der Waals surface area contributed by atoms with Gasteiger partial charge < -0.3 is 5.32 Å². The fraction of sp³-hybridized carbons (Fsp3) is 0.130. The second kappa shape index (κ2) is 7.88. The van der Waals surface area contributed by atoms with Crippen LogP contribution in [0.5, 0.6) is 0 Å². The van der Waals surface area contributed by atoms with E-state index in [2.05, 4.69) is 26.7 Å². The molecule has 154 valence electrons. The first-order chi connectivity index (χ1) is 15.1. The average molecular weight is 429 g/mol. The minimum Gasteiger partial charge on any atom is -0.325 e. The van der Waals surface area contributed by atoms with Crippen molar-refractivity contribution in [2.24, 2.45) is 0 Å². The van der Waals surface area contributed by atoms with E-state index in [0.29, 0.717) is 10.8 Å². The molecule has 0 spiro atoms. The molecule has 0 unspecified atom stereocenters. The van der Waals surface area contributed by atoms with E-state index in [1.165, 1.54) is 17.3 Å². The lowest BCUT2D eigenvalue weighted by atomic mass is 10.1. The Labute approximate surface area is 183 Å². The zero-order chi connectivity index (χ0) is 21.4. The highest BCUT2D eigenvalue weighted by Gasteiger charge is 2.14. The molecule has 1 amide bonds. The summed E-state index contributed by atoms with van der Waals surface area (Å²) >= 11 is 1.35. The van der Waals surface area contributed by atoms with Gasteiger partial charge in [-0.05, 0) is 31.5 Å². The number of carbonyl (C=O) groups excluding carboxylic acids is 1. The smallest absolute Gasteiger partial charge is 0.234 e. The lowest BCUT2D eigenvalue weighted by Crippen LogP contribution is -2.15. The van der Waals surface area contributed by atoms with Gasteiger partial charge in [0, 0.05) is 23.6 Å². The largest absolute Gasteiger partial charge is 0.325 e. The van der Waals surface area contributed by atoms with Crippen molar-refractivity contribution in [2.45, 2.75) is 19.0 Å². The Morgan fingerprint density at radius 2 is 1.87 bits per heavy atom. The van der Waals surface area contributed by atoms with Crippen molar-refractivity contribution >= 4 is 34.5 Å². The van der Waals surface area contributed by atoms with Crippen molar-refractivity contribution in [3.05, 3.63) is 78.1 Å². The minimum absolute atomic E-state index is 0.0782. The number of benzene rings is 2. The molecular weight excluding hydrogens is 408 g/mol. The first-order valence-electron chi connectivity index (χ1n) is 9.87. The van der Waals surface area contributed by atoms with Crippen LogP contribution >= 0.6 is 11.8 Å². The van der Waals surface area contributed by atoms with Crippen molar-refractivity contribution in [1.29, 1.82) is 0 Å². The third-order valence-electron chi connectivity index (χ3n) is 5.04. The summed E-state index contributed by atoms with van der Waals surface area (Å²) in [6, 6.07) is 18.0. The fourth-order valence-electron chi connectivity index (χ4n) is 3.51. The number of hydrogen-bond donors (Lipinski definition) is 1. The van der Waals surface area contributed by atoms with Crippen LogP contribution in [0.15, 0.2) is 72.1 Å². The summed E-state index contributed by atoms with van der Waals surface area (Å²) in [5.41, 5.74) is 6.52. The van der Waals surface area contributed by atoms with E-state index >= 15 is 0 Å². The summed E-state index contributed by atoms with van der Waals surface area (Å²) in [6.45, 7) is 4.02. The lowest BCUT2D eigenvalue weighted by Gasteiger charge is -2.08. The molecule has 5 rings (SSSR count). The quantitative estimate of drug-likeness (QED) is 0.420. The van der Waals surface area contributed by atoms with Gasteiger partial charge in [0.2, 0.25) is 5.91 Å². The molecule has 0 saturated carbocycles. The van der Waals surface area contributed by atoms with Crippen LogP contribution < -0.4 is 5.32 Å². The number of nitrogens with one attached hydrogen (secondary N) is 1. The Balaban J connectivity index is 1.36. The molecule has 0 saturated heterocycles. The summed E-state index contributed by atoms with van der Waals surface area (Å²) in [6.07, 6.45) is 3.74. The number of hydrogen-bond acceptors (Lipinski definition) is 5. The van der Waals surface area contributed by atoms with Gasteiger partial charge in [-0.15, -0.1) is 10.2 Å². The number of nitrogens with zero attached hydrogens (tertiary/aromatic N) is 5. The third kappa shape index (κ3) is 3.77. The molecule has 8 heteroatoms. The summed E-state index contributed by atoms with van der Waals surface area (Å²) in [5, 5.41) is 16.9. The second-order valence-corrected chi connectivity index (χ2v) is 8.30. The van der Waals surface area contributed by atoms with E-state index in [-0.39, 0.29) is 11.7 Å². The van der Waals surface area contributed by atoms with E-state index in [0.717, 1.165) is 28.0 Å². The van der Waals surface area contributed by atoms with Crippen molar-refractivity contribution < 1.29 is 4.79 Å². The zero-order valence-corrected chi connectivity index (χ0v) is 17.9. The number of anilines is 1. The topological polar surface area (TPSA) is 76.6 Å².